The molecule has 0 unspecified atom stereocenters. The van der Waals surface area contributed by atoms with Gasteiger partial charge in [0.15, 0.2) is 0 Å². The summed E-state index contributed by atoms with van der Waals surface area (Å²) in [6.07, 6.45) is 2.74. The number of carbonyl (C=O) groups is 1. The molecule has 1 amide bonds. The molecule has 0 atom stereocenters. The van der Waals surface area contributed by atoms with Crippen LogP contribution in [0.4, 0.5) is 13.2 Å². The minimum atomic E-state index is -0.584. The second-order valence-electron chi connectivity index (χ2n) is 4.34. The minimum absolute atomic E-state index is 0.0681. The number of hydrogen-bond donors (Lipinski definition) is 1. The maximum atomic E-state index is 13.3. The first-order valence-electron chi connectivity index (χ1n) is 6.20. The van der Waals surface area contributed by atoms with Gasteiger partial charge in [-0.15, -0.1) is 0 Å². The maximum absolute atomic E-state index is 13.3. The van der Waals surface area contributed by atoms with Crippen molar-refractivity contribution in [3.8, 4) is 0 Å². The van der Waals surface area contributed by atoms with Gasteiger partial charge in [0.1, 0.15) is 17.5 Å². The highest BCUT2D eigenvalue weighted by molar-refractivity contribution is 5.91. The monoisotopic (exact) mass is 291 g/mol. The third-order valence-corrected chi connectivity index (χ3v) is 2.76. The highest BCUT2D eigenvalue weighted by Crippen LogP contribution is 2.09. The predicted octanol–water partition coefficient (Wildman–Crippen LogP) is 3.43. The summed E-state index contributed by atoms with van der Waals surface area (Å²) in [7, 11) is 0. The molecule has 0 fully saturated rings. The zero-order chi connectivity index (χ0) is 15.2. The predicted molar refractivity (Wildman–Crippen MR) is 73.6 cm³/mol. The van der Waals surface area contributed by atoms with E-state index >= 15 is 0 Å². The van der Waals surface area contributed by atoms with E-state index in [0.717, 1.165) is 18.2 Å². The smallest absolute Gasteiger partial charge is 0.244 e. The van der Waals surface area contributed by atoms with Gasteiger partial charge in [0, 0.05) is 18.2 Å². The number of hydrogen-bond acceptors (Lipinski definition) is 1. The van der Waals surface area contributed by atoms with Gasteiger partial charge in [-0.1, -0.05) is 12.1 Å². The summed E-state index contributed by atoms with van der Waals surface area (Å²) in [4.78, 5) is 11.6. The van der Waals surface area contributed by atoms with Gasteiger partial charge in [0.2, 0.25) is 5.91 Å². The molecule has 21 heavy (non-hydrogen) atoms. The van der Waals surface area contributed by atoms with E-state index in [1.54, 1.807) is 0 Å². The Bertz CT molecular complexity index is 666. The van der Waals surface area contributed by atoms with E-state index in [1.807, 2.05) is 0 Å². The standard InChI is InChI=1S/C16H12F3NO/c17-13-4-1-11(2-5-13)3-8-16(21)20-10-12-9-14(18)6-7-15(12)19/h1-9H,10H2,(H,20,21). The van der Waals surface area contributed by atoms with Crippen LogP contribution in [0.15, 0.2) is 48.5 Å². The summed E-state index contributed by atoms with van der Waals surface area (Å²) in [6, 6.07) is 8.63. The summed E-state index contributed by atoms with van der Waals surface area (Å²) in [5, 5.41) is 2.44. The van der Waals surface area contributed by atoms with Crippen molar-refractivity contribution in [2.75, 3.05) is 0 Å². The Hall–Kier alpha value is -2.56. The molecule has 2 rings (SSSR count). The molecule has 2 aromatic rings. The van der Waals surface area contributed by atoms with E-state index < -0.39 is 17.5 Å². The van der Waals surface area contributed by atoms with Gasteiger partial charge in [0.25, 0.3) is 0 Å². The van der Waals surface area contributed by atoms with Crippen molar-refractivity contribution in [3.63, 3.8) is 0 Å². The average molecular weight is 291 g/mol. The van der Waals surface area contributed by atoms with Crippen LogP contribution in [0, 0.1) is 17.5 Å². The first kappa shape index (κ1) is 14.8. The van der Waals surface area contributed by atoms with Gasteiger partial charge in [-0.2, -0.15) is 0 Å². The SMILES string of the molecule is O=C(C=Cc1ccc(F)cc1)NCc1cc(F)ccc1F. The summed E-state index contributed by atoms with van der Waals surface area (Å²) in [5.41, 5.74) is 0.724. The van der Waals surface area contributed by atoms with Crippen molar-refractivity contribution in [1.29, 1.82) is 0 Å². The molecule has 0 bridgehead atoms. The van der Waals surface area contributed by atoms with Crippen LogP contribution >= 0.6 is 0 Å². The number of halogens is 3. The molecule has 0 spiro atoms. The van der Waals surface area contributed by atoms with Gasteiger partial charge in [-0.3, -0.25) is 4.79 Å². The summed E-state index contributed by atoms with van der Waals surface area (Å²) < 4.78 is 39.0. The number of nitrogens with one attached hydrogen (secondary N) is 1. The Balaban J connectivity index is 1.93. The van der Waals surface area contributed by atoms with Crippen molar-refractivity contribution in [2.45, 2.75) is 6.54 Å². The molecule has 0 aliphatic rings. The Labute approximate surface area is 119 Å². The lowest BCUT2D eigenvalue weighted by molar-refractivity contribution is -0.116. The maximum Gasteiger partial charge on any atom is 0.244 e. The summed E-state index contributed by atoms with van der Waals surface area (Å²) in [5.74, 6) is -1.97. The molecular weight excluding hydrogens is 279 g/mol. The van der Waals surface area contributed by atoms with Crippen LogP contribution < -0.4 is 5.32 Å². The molecule has 2 aromatic carbocycles. The highest BCUT2D eigenvalue weighted by Gasteiger charge is 2.04. The van der Waals surface area contributed by atoms with Crippen LogP contribution in [0.2, 0.25) is 0 Å². The lowest BCUT2D eigenvalue weighted by Gasteiger charge is -2.04. The topological polar surface area (TPSA) is 29.1 Å². The van der Waals surface area contributed by atoms with Gasteiger partial charge in [-0.05, 0) is 42.0 Å². The Morgan fingerprint density at radius 2 is 1.67 bits per heavy atom. The quantitative estimate of drug-likeness (QED) is 0.859. The zero-order valence-corrected chi connectivity index (χ0v) is 10.9. The molecule has 0 heterocycles. The molecule has 0 aliphatic carbocycles. The van der Waals surface area contributed by atoms with Crippen LogP contribution in [0.1, 0.15) is 11.1 Å². The summed E-state index contributed by atoms with van der Waals surface area (Å²) >= 11 is 0. The minimum Gasteiger partial charge on any atom is -0.348 e. The molecule has 1 N–H and O–H groups in total. The average Bonchev–Trinajstić information content (AvgIpc) is 2.47. The van der Waals surface area contributed by atoms with Crippen LogP contribution in [0.3, 0.4) is 0 Å². The molecular formula is C16H12F3NO. The second kappa shape index (κ2) is 6.74. The Morgan fingerprint density at radius 1 is 1.00 bits per heavy atom. The number of benzene rings is 2. The normalized spacial score (nSPS) is 10.8. The van der Waals surface area contributed by atoms with Gasteiger partial charge in [-0.25, -0.2) is 13.2 Å². The zero-order valence-electron chi connectivity index (χ0n) is 10.9. The van der Waals surface area contributed by atoms with E-state index in [2.05, 4.69) is 5.32 Å². The Kier molecular flexibility index (Phi) is 4.77. The van der Waals surface area contributed by atoms with Crippen LogP contribution in [-0.2, 0) is 11.3 Å². The molecule has 0 aromatic heterocycles. The van der Waals surface area contributed by atoms with Gasteiger partial charge in [0.05, 0.1) is 0 Å². The molecule has 0 radical (unpaired) electrons. The lowest BCUT2D eigenvalue weighted by Crippen LogP contribution is -2.21. The third-order valence-electron chi connectivity index (χ3n) is 2.76. The van der Waals surface area contributed by atoms with Crippen molar-refractivity contribution in [2.24, 2.45) is 0 Å². The fourth-order valence-electron chi connectivity index (χ4n) is 1.67. The molecule has 2 nitrogen and oxygen atoms in total. The molecule has 0 aliphatic heterocycles. The number of amides is 1. The fourth-order valence-corrected chi connectivity index (χ4v) is 1.67. The van der Waals surface area contributed by atoms with Gasteiger partial charge < -0.3 is 5.32 Å². The van der Waals surface area contributed by atoms with E-state index in [0.29, 0.717) is 5.56 Å². The number of rotatable bonds is 4. The fraction of sp³-hybridized carbons (Fsp3) is 0.0625. The van der Waals surface area contributed by atoms with E-state index in [1.165, 1.54) is 36.4 Å². The highest BCUT2D eigenvalue weighted by atomic mass is 19.1. The van der Waals surface area contributed by atoms with Crippen molar-refractivity contribution in [3.05, 3.63) is 77.1 Å². The van der Waals surface area contributed by atoms with Crippen LogP contribution in [-0.4, -0.2) is 5.91 Å². The molecule has 108 valence electrons. The van der Waals surface area contributed by atoms with Crippen LogP contribution in [0.5, 0.6) is 0 Å². The first-order valence-corrected chi connectivity index (χ1v) is 6.20. The second-order valence-corrected chi connectivity index (χ2v) is 4.34. The Morgan fingerprint density at radius 3 is 2.38 bits per heavy atom. The third kappa shape index (κ3) is 4.49. The molecule has 5 heteroatoms. The lowest BCUT2D eigenvalue weighted by atomic mass is 10.2. The van der Waals surface area contributed by atoms with E-state index in [4.69, 9.17) is 0 Å². The van der Waals surface area contributed by atoms with Crippen LogP contribution in [0.25, 0.3) is 6.08 Å². The van der Waals surface area contributed by atoms with E-state index in [-0.39, 0.29) is 17.9 Å². The summed E-state index contributed by atoms with van der Waals surface area (Å²) in [6.45, 7) is -0.115. The molecule has 0 saturated carbocycles. The number of carbonyl (C=O) groups excluding carboxylic acids is 1. The van der Waals surface area contributed by atoms with Gasteiger partial charge >= 0.3 is 0 Å². The van der Waals surface area contributed by atoms with Crippen molar-refractivity contribution >= 4 is 12.0 Å². The molecule has 0 saturated heterocycles. The first-order chi connectivity index (χ1) is 10.0. The van der Waals surface area contributed by atoms with E-state index in [9.17, 15) is 18.0 Å². The van der Waals surface area contributed by atoms with Crippen molar-refractivity contribution in [1.82, 2.24) is 5.32 Å². The van der Waals surface area contributed by atoms with Crippen molar-refractivity contribution < 1.29 is 18.0 Å². The largest absolute Gasteiger partial charge is 0.348 e.